The van der Waals surface area contributed by atoms with Crippen molar-refractivity contribution < 1.29 is 0 Å². The largest absolute Gasteiger partial charge is 0.309 e. The smallest absolute Gasteiger partial charge is 0.0540 e. The maximum atomic E-state index is 2.44. The maximum absolute atomic E-state index is 2.44. The number of anilines is 3. The fourth-order valence-electron chi connectivity index (χ4n) is 8.36. The fourth-order valence-corrected chi connectivity index (χ4v) is 8.36. The van der Waals surface area contributed by atoms with E-state index in [1.807, 2.05) is 0 Å². The van der Waals surface area contributed by atoms with Crippen molar-refractivity contribution in [1.82, 2.24) is 0 Å². The van der Waals surface area contributed by atoms with Crippen molar-refractivity contribution in [2.75, 3.05) is 4.90 Å². The summed E-state index contributed by atoms with van der Waals surface area (Å²) in [5.41, 5.74) is 17.5. The average molecular weight is 704 g/mol. The molecule has 0 radical (unpaired) electrons. The maximum Gasteiger partial charge on any atom is 0.0540 e. The highest BCUT2D eigenvalue weighted by Crippen LogP contribution is 2.52. The van der Waals surface area contributed by atoms with E-state index < -0.39 is 0 Å². The van der Waals surface area contributed by atoms with Crippen LogP contribution in [-0.4, -0.2) is 0 Å². The molecule has 55 heavy (non-hydrogen) atoms. The van der Waals surface area contributed by atoms with Crippen LogP contribution in [-0.2, 0) is 5.41 Å². The zero-order valence-electron chi connectivity index (χ0n) is 31.4. The summed E-state index contributed by atoms with van der Waals surface area (Å²) in [5.74, 6) is 0. The summed E-state index contributed by atoms with van der Waals surface area (Å²) < 4.78 is 0. The van der Waals surface area contributed by atoms with E-state index in [1.54, 1.807) is 0 Å². The molecule has 1 aliphatic rings. The van der Waals surface area contributed by atoms with Gasteiger partial charge in [-0.1, -0.05) is 160 Å². The van der Waals surface area contributed by atoms with Gasteiger partial charge in [-0.15, -0.1) is 0 Å². The Hall–Kier alpha value is -6.70. The Morgan fingerprint density at radius 2 is 0.745 bits per heavy atom. The predicted molar refractivity (Wildman–Crippen MR) is 236 cm³/mol. The zero-order valence-corrected chi connectivity index (χ0v) is 31.4. The highest BCUT2D eigenvalue weighted by atomic mass is 15.1. The molecular formula is C54H41N. The van der Waals surface area contributed by atoms with E-state index in [0.29, 0.717) is 0 Å². The topological polar surface area (TPSA) is 3.24 Å². The molecule has 0 amide bonds. The summed E-state index contributed by atoms with van der Waals surface area (Å²) in [6, 6.07) is 71.5. The lowest BCUT2D eigenvalue weighted by atomic mass is 9.77. The lowest BCUT2D eigenvalue weighted by molar-refractivity contribution is 0.590. The van der Waals surface area contributed by atoms with Gasteiger partial charge in [0.15, 0.2) is 0 Å². The molecule has 10 rings (SSSR count). The quantitative estimate of drug-likeness (QED) is 0.167. The number of hydrogen-bond acceptors (Lipinski definition) is 1. The van der Waals surface area contributed by atoms with Crippen LogP contribution < -0.4 is 4.90 Å². The number of benzene rings is 9. The van der Waals surface area contributed by atoms with Crippen molar-refractivity contribution in [2.45, 2.75) is 26.2 Å². The van der Waals surface area contributed by atoms with Gasteiger partial charge in [-0.2, -0.15) is 0 Å². The summed E-state index contributed by atoms with van der Waals surface area (Å²) in [5, 5.41) is 5.03. The van der Waals surface area contributed by atoms with Crippen molar-refractivity contribution in [2.24, 2.45) is 0 Å². The number of para-hydroxylation sites is 2. The molecule has 0 N–H and O–H groups in total. The number of fused-ring (bicyclic) bond motifs is 6. The van der Waals surface area contributed by atoms with Crippen LogP contribution in [0.2, 0.25) is 0 Å². The number of nitrogens with zero attached hydrogens (tertiary/aromatic N) is 1. The fraction of sp³-hybridized carbons (Fsp3) is 0.0741. The van der Waals surface area contributed by atoms with Gasteiger partial charge in [0.25, 0.3) is 0 Å². The first-order valence-electron chi connectivity index (χ1n) is 19.3. The molecule has 0 heterocycles. The van der Waals surface area contributed by atoms with Crippen LogP contribution in [0.3, 0.4) is 0 Å². The zero-order chi connectivity index (χ0) is 37.1. The third-order valence-corrected chi connectivity index (χ3v) is 11.3. The van der Waals surface area contributed by atoms with E-state index in [9.17, 15) is 0 Å². The van der Waals surface area contributed by atoms with E-state index in [2.05, 4.69) is 220 Å². The molecule has 0 aliphatic heterocycles. The van der Waals surface area contributed by atoms with Gasteiger partial charge < -0.3 is 4.90 Å². The molecule has 0 saturated carbocycles. The Bertz CT molecular complexity index is 2800. The van der Waals surface area contributed by atoms with Gasteiger partial charge in [0.2, 0.25) is 0 Å². The van der Waals surface area contributed by atoms with Crippen LogP contribution >= 0.6 is 0 Å². The van der Waals surface area contributed by atoms with Crippen molar-refractivity contribution >= 4 is 38.6 Å². The Labute approximate surface area is 323 Å². The van der Waals surface area contributed by atoms with Crippen LogP contribution in [0, 0.1) is 0 Å². The molecule has 0 saturated heterocycles. The number of rotatable bonds is 6. The van der Waals surface area contributed by atoms with E-state index in [4.69, 9.17) is 0 Å². The molecule has 1 aliphatic carbocycles. The summed E-state index contributed by atoms with van der Waals surface area (Å²) in [7, 11) is 0. The standard InChI is InChI=1S/C54H41N/c1-54(2,3)44-27-24-36(25-28-44)39-22-23-40-32-48-50(34-42(40)30-39)49-33-41-26-29-45(31-43(41)35-51(48)49)55(52-20-12-10-18-46(52)37-14-6-4-7-15-37)53-21-13-11-19-47(53)38-16-8-5-9-17-38/h4-35H,1-3H3. The molecule has 1 nitrogen and oxygen atoms in total. The van der Waals surface area contributed by atoms with Crippen LogP contribution in [0.25, 0.3) is 77.2 Å². The van der Waals surface area contributed by atoms with E-state index in [-0.39, 0.29) is 5.41 Å². The van der Waals surface area contributed by atoms with Gasteiger partial charge in [-0.05, 0) is 132 Å². The minimum atomic E-state index is 0.143. The predicted octanol–water partition coefficient (Wildman–Crippen LogP) is 15.4. The van der Waals surface area contributed by atoms with E-state index in [0.717, 1.165) is 17.1 Å². The Morgan fingerprint density at radius 1 is 0.309 bits per heavy atom. The summed E-state index contributed by atoms with van der Waals surface area (Å²) in [6.07, 6.45) is 0. The molecule has 0 fully saturated rings. The van der Waals surface area contributed by atoms with Crippen molar-refractivity contribution in [3.05, 3.63) is 200 Å². The second-order valence-electron chi connectivity index (χ2n) is 15.8. The van der Waals surface area contributed by atoms with Crippen molar-refractivity contribution in [3.63, 3.8) is 0 Å². The second kappa shape index (κ2) is 13.0. The van der Waals surface area contributed by atoms with Crippen LogP contribution in [0.4, 0.5) is 17.1 Å². The average Bonchev–Trinajstić information content (AvgIpc) is 3.23. The molecule has 0 spiro atoms. The van der Waals surface area contributed by atoms with Crippen LogP contribution in [0.15, 0.2) is 194 Å². The molecule has 0 bridgehead atoms. The Balaban J connectivity index is 1.08. The van der Waals surface area contributed by atoms with Gasteiger partial charge in [-0.25, -0.2) is 0 Å². The van der Waals surface area contributed by atoms with E-state index >= 15 is 0 Å². The molecule has 0 aromatic heterocycles. The van der Waals surface area contributed by atoms with Crippen molar-refractivity contribution in [3.8, 4) is 55.6 Å². The summed E-state index contributed by atoms with van der Waals surface area (Å²) >= 11 is 0. The molecule has 9 aromatic carbocycles. The number of hydrogen-bond donors (Lipinski definition) is 0. The van der Waals surface area contributed by atoms with E-state index in [1.165, 1.54) is 82.7 Å². The lowest BCUT2D eigenvalue weighted by Crippen LogP contribution is -2.12. The van der Waals surface area contributed by atoms with Crippen LogP contribution in [0.5, 0.6) is 0 Å². The molecular weight excluding hydrogens is 663 g/mol. The first-order valence-corrected chi connectivity index (χ1v) is 19.3. The minimum absolute atomic E-state index is 0.143. The van der Waals surface area contributed by atoms with Crippen LogP contribution in [0.1, 0.15) is 26.3 Å². The third kappa shape index (κ3) is 5.81. The van der Waals surface area contributed by atoms with Gasteiger partial charge in [-0.3, -0.25) is 0 Å². The first kappa shape index (κ1) is 32.9. The van der Waals surface area contributed by atoms with Gasteiger partial charge >= 0.3 is 0 Å². The van der Waals surface area contributed by atoms with Gasteiger partial charge in [0, 0.05) is 16.8 Å². The molecule has 1 heteroatoms. The third-order valence-electron chi connectivity index (χ3n) is 11.3. The highest BCUT2D eigenvalue weighted by Gasteiger charge is 2.25. The SMILES string of the molecule is CC(C)(C)c1ccc(-c2ccc3cc4c(cc3c2)-c2cc3ccc(N(c5ccccc5-c5ccccc5)c5ccccc5-c5ccccc5)cc3cc2-4)cc1. The van der Waals surface area contributed by atoms with Gasteiger partial charge in [0.1, 0.15) is 0 Å². The normalized spacial score (nSPS) is 11.9. The van der Waals surface area contributed by atoms with Gasteiger partial charge in [0.05, 0.1) is 11.4 Å². The summed E-state index contributed by atoms with van der Waals surface area (Å²) in [6.45, 7) is 6.80. The Morgan fingerprint density at radius 3 is 1.27 bits per heavy atom. The molecule has 9 aromatic rings. The Kier molecular flexibility index (Phi) is 7.78. The monoisotopic (exact) mass is 703 g/mol. The second-order valence-corrected chi connectivity index (χ2v) is 15.8. The van der Waals surface area contributed by atoms with Crippen molar-refractivity contribution in [1.29, 1.82) is 0 Å². The molecule has 0 unspecified atom stereocenters. The minimum Gasteiger partial charge on any atom is -0.309 e. The lowest BCUT2D eigenvalue weighted by Gasteiger charge is -2.30. The summed E-state index contributed by atoms with van der Waals surface area (Å²) in [4.78, 5) is 2.44. The molecule has 0 atom stereocenters. The molecule has 262 valence electrons. The highest BCUT2D eigenvalue weighted by molar-refractivity contribution is 6.12. The first-order chi connectivity index (χ1) is 26.9.